The van der Waals surface area contributed by atoms with Crippen LogP contribution in [0.1, 0.15) is 33.7 Å². The Kier molecular flexibility index (Phi) is 8.22. The van der Waals surface area contributed by atoms with E-state index in [4.69, 9.17) is 4.74 Å². The number of hydrogen-bond acceptors (Lipinski definition) is 4. The summed E-state index contributed by atoms with van der Waals surface area (Å²) in [6.45, 7) is 2.44. The number of hydrogen-bond donors (Lipinski definition) is 0. The highest BCUT2D eigenvalue weighted by Crippen LogP contribution is 2.30. The molecule has 0 aliphatic heterocycles. The summed E-state index contributed by atoms with van der Waals surface area (Å²) in [6.07, 6.45) is -3.13. The molecule has 0 unspecified atom stereocenters. The van der Waals surface area contributed by atoms with Gasteiger partial charge in [-0.15, -0.1) is 0 Å². The first-order valence-electron chi connectivity index (χ1n) is 10.8. The molecule has 6 nitrogen and oxygen atoms in total. The molecule has 0 N–H and O–H groups in total. The number of methoxy groups -OCH3 is 1. The number of carbonyl (C=O) groups is 1. The van der Waals surface area contributed by atoms with E-state index in [2.05, 4.69) is 5.10 Å². The first-order valence-corrected chi connectivity index (χ1v) is 10.8. The average molecular weight is 473 g/mol. The number of carbonyl (C=O) groups excluding carboxylic acids is 1. The average Bonchev–Trinajstić information content (AvgIpc) is 2.81. The van der Waals surface area contributed by atoms with Crippen molar-refractivity contribution in [3.05, 3.63) is 93.4 Å². The standard InChI is InChI=1S/C25H26F3N3O3/c1-18-16-22(32)23(29-31(18)21-12-6-11-20(17-21)25(26,27)28)24(33)30(14-15-34-2)13-7-10-19-8-4-3-5-9-19/h3-6,8-9,11-12,16-17H,7,10,13-15H2,1-2H3. The maximum atomic E-state index is 13.2. The number of amides is 1. The van der Waals surface area contributed by atoms with Crippen molar-refractivity contribution in [2.45, 2.75) is 25.9 Å². The van der Waals surface area contributed by atoms with Crippen molar-refractivity contribution < 1.29 is 22.7 Å². The largest absolute Gasteiger partial charge is 0.416 e. The van der Waals surface area contributed by atoms with Gasteiger partial charge in [0.2, 0.25) is 5.43 Å². The van der Waals surface area contributed by atoms with Crippen molar-refractivity contribution >= 4 is 5.91 Å². The van der Waals surface area contributed by atoms with Crippen LogP contribution in [0.4, 0.5) is 13.2 Å². The Labute approximate surface area is 195 Å². The first kappa shape index (κ1) is 25.2. The van der Waals surface area contributed by atoms with Crippen LogP contribution >= 0.6 is 0 Å². The van der Waals surface area contributed by atoms with Crippen LogP contribution in [0.2, 0.25) is 0 Å². The third kappa shape index (κ3) is 6.32. The van der Waals surface area contributed by atoms with E-state index < -0.39 is 23.1 Å². The Hall–Kier alpha value is -3.46. The van der Waals surface area contributed by atoms with Crippen molar-refractivity contribution in [1.82, 2.24) is 14.7 Å². The Morgan fingerprint density at radius 3 is 2.47 bits per heavy atom. The molecule has 1 heterocycles. The van der Waals surface area contributed by atoms with Gasteiger partial charge in [-0.25, -0.2) is 4.68 Å². The van der Waals surface area contributed by atoms with Crippen molar-refractivity contribution in [2.24, 2.45) is 0 Å². The predicted molar refractivity (Wildman–Crippen MR) is 122 cm³/mol. The zero-order valence-corrected chi connectivity index (χ0v) is 19.0. The summed E-state index contributed by atoms with van der Waals surface area (Å²) in [6, 6.07) is 15.6. The van der Waals surface area contributed by atoms with E-state index in [0.29, 0.717) is 18.7 Å². The molecule has 180 valence electrons. The quantitative estimate of drug-likeness (QED) is 0.465. The topological polar surface area (TPSA) is 64.4 Å². The molecule has 0 saturated carbocycles. The van der Waals surface area contributed by atoms with Crippen molar-refractivity contribution in [2.75, 3.05) is 26.8 Å². The molecule has 0 fully saturated rings. The molecule has 0 spiro atoms. The minimum Gasteiger partial charge on any atom is -0.383 e. The molecule has 0 aliphatic carbocycles. The lowest BCUT2D eigenvalue weighted by atomic mass is 10.1. The van der Waals surface area contributed by atoms with Gasteiger partial charge in [0, 0.05) is 32.0 Å². The number of ether oxygens (including phenoxy) is 1. The SMILES string of the molecule is COCCN(CCCc1ccccc1)C(=O)c1nn(-c2cccc(C(F)(F)F)c2)c(C)cc1=O. The smallest absolute Gasteiger partial charge is 0.383 e. The predicted octanol–water partition coefficient (Wildman–Crippen LogP) is 4.28. The Morgan fingerprint density at radius 2 is 1.79 bits per heavy atom. The van der Waals surface area contributed by atoms with Gasteiger partial charge < -0.3 is 9.64 Å². The number of rotatable bonds is 9. The highest BCUT2D eigenvalue weighted by molar-refractivity contribution is 5.92. The normalized spacial score (nSPS) is 11.4. The Morgan fingerprint density at radius 1 is 1.06 bits per heavy atom. The molecule has 1 aromatic heterocycles. The molecule has 0 atom stereocenters. The highest BCUT2D eigenvalue weighted by Gasteiger charge is 2.31. The summed E-state index contributed by atoms with van der Waals surface area (Å²) in [4.78, 5) is 27.4. The van der Waals surface area contributed by atoms with Crippen LogP contribution in [-0.2, 0) is 17.3 Å². The fourth-order valence-corrected chi connectivity index (χ4v) is 3.56. The monoisotopic (exact) mass is 473 g/mol. The van der Waals surface area contributed by atoms with E-state index in [9.17, 15) is 22.8 Å². The van der Waals surface area contributed by atoms with E-state index in [-0.39, 0.29) is 24.5 Å². The van der Waals surface area contributed by atoms with Crippen LogP contribution in [0.25, 0.3) is 5.69 Å². The highest BCUT2D eigenvalue weighted by atomic mass is 19.4. The summed E-state index contributed by atoms with van der Waals surface area (Å²) in [7, 11) is 1.51. The number of benzene rings is 2. The lowest BCUT2D eigenvalue weighted by molar-refractivity contribution is -0.137. The fourth-order valence-electron chi connectivity index (χ4n) is 3.56. The van der Waals surface area contributed by atoms with Gasteiger partial charge in [-0.2, -0.15) is 18.3 Å². The summed E-state index contributed by atoms with van der Waals surface area (Å²) >= 11 is 0. The van der Waals surface area contributed by atoms with Crippen LogP contribution in [-0.4, -0.2) is 47.4 Å². The Bertz CT molecular complexity index is 1180. The van der Waals surface area contributed by atoms with E-state index in [1.54, 1.807) is 6.92 Å². The number of aromatic nitrogens is 2. The first-order chi connectivity index (χ1) is 16.2. The molecule has 1 amide bonds. The maximum absolute atomic E-state index is 13.2. The van der Waals surface area contributed by atoms with E-state index >= 15 is 0 Å². The fraction of sp³-hybridized carbons (Fsp3) is 0.320. The number of aryl methyl sites for hydroxylation is 2. The molecular weight excluding hydrogens is 447 g/mol. The lowest BCUT2D eigenvalue weighted by Gasteiger charge is -2.22. The van der Waals surface area contributed by atoms with Gasteiger partial charge in [-0.05, 0) is 43.5 Å². The molecule has 2 aromatic carbocycles. The zero-order valence-electron chi connectivity index (χ0n) is 19.0. The molecule has 3 aromatic rings. The number of alkyl halides is 3. The van der Waals surface area contributed by atoms with E-state index in [1.807, 2.05) is 30.3 Å². The summed E-state index contributed by atoms with van der Waals surface area (Å²) in [5, 5.41) is 4.17. The van der Waals surface area contributed by atoms with Gasteiger partial charge in [-0.1, -0.05) is 36.4 Å². The number of halogens is 3. The van der Waals surface area contributed by atoms with Crippen molar-refractivity contribution in [3.63, 3.8) is 0 Å². The van der Waals surface area contributed by atoms with Gasteiger partial charge in [0.15, 0.2) is 5.69 Å². The molecule has 0 bridgehead atoms. The van der Waals surface area contributed by atoms with Gasteiger partial charge in [0.1, 0.15) is 0 Å². The third-order valence-corrected chi connectivity index (χ3v) is 5.32. The van der Waals surface area contributed by atoms with Crippen LogP contribution in [0.5, 0.6) is 0 Å². The van der Waals surface area contributed by atoms with Crippen molar-refractivity contribution in [3.8, 4) is 5.69 Å². The van der Waals surface area contributed by atoms with Crippen LogP contribution < -0.4 is 5.43 Å². The summed E-state index contributed by atoms with van der Waals surface area (Å²) in [5.41, 5.74) is -0.236. The maximum Gasteiger partial charge on any atom is 0.416 e. The van der Waals surface area contributed by atoms with Gasteiger partial charge in [-0.3, -0.25) is 9.59 Å². The minimum absolute atomic E-state index is 0.105. The summed E-state index contributed by atoms with van der Waals surface area (Å²) in [5.74, 6) is -0.587. The zero-order chi connectivity index (χ0) is 24.7. The number of nitrogens with zero attached hydrogens (tertiary/aromatic N) is 3. The molecule has 34 heavy (non-hydrogen) atoms. The minimum atomic E-state index is -4.53. The molecule has 0 aliphatic rings. The van der Waals surface area contributed by atoms with E-state index in [1.165, 1.54) is 34.9 Å². The van der Waals surface area contributed by atoms with Gasteiger partial charge in [0.25, 0.3) is 5.91 Å². The van der Waals surface area contributed by atoms with Gasteiger partial charge in [0.05, 0.1) is 17.9 Å². The van der Waals surface area contributed by atoms with E-state index in [0.717, 1.165) is 24.1 Å². The summed E-state index contributed by atoms with van der Waals surface area (Å²) < 4.78 is 45.8. The molecule has 3 rings (SSSR count). The second-order valence-electron chi connectivity index (χ2n) is 7.83. The van der Waals surface area contributed by atoms with Crippen LogP contribution in [0, 0.1) is 6.92 Å². The van der Waals surface area contributed by atoms with Gasteiger partial charge >= 0.3 is 6.18 Å². The third-order valence-electron chi connectivity index (χ3n) is 5.32. The molecular formula is C25H26F3N3O3. The van der Waals surface area contributed by atoms with Crippen LogP contribution in [0.3, 0.4) is 0 Å². The lowest BCUT2D eigenvalue weighted by Crippen LogP contribution is -2.39. The second kappa shape index (κ2) is 11.1. The Balaban J connectivity index is 1.88. The molecule has 0 radical (unpaired) electrons. The molecule has 9 heteroatoms. The van der Waals surface area contributed by atoms with Crippen LogP contribution in [0.15, 0.2) is 65.5 Å². The second-order valence-corrected chi connectivity index (χ2v) is 7.83. The van der Waals surface area contributed by atoms with Crippen molar-refractivity contribution in [1.29, 1.82) is 0 Å². The molecule has 0 saturated heterocycles.